The first-order valence-electron chi connectivity index (χ1n) is 9.53. The van der Waals surface area contributed by atoms with Crippen molar-refractivity contribution in [3.63, 3.8) is 0 Å². The number of nitrogens with one attached hydrogen (secondary N) is 1. The zero-order valence-corrected chi connectivity index (χ0v) is 15.7. The summed E-state index contributed by atoms with van der Waals surface area (Å²) in [6.45, 7) is 1.16. The number of carboxylic acid groups (broad SMARTS) is 1. The molecule has 1 aromatic heterocycles. The van der Waals surface area contributed by atoms with Crippen molar-refractivity contribution >= 4 is 11.9 Å². The normalized spacial score (nSPS) is 16.6. The smallest absolute Gasteiger partial charge is 0.335 e. The third-order valence-electron chi connectivity index (χ3n) is 5.30. The van der Waals surface area contributed by atoms with E-state index >= 15 is 0 Å². The van der Waals surface area contributed by atoms with E-state index in [1.165, 1.54) is 10.7 Å². The van der Waals surface area contributed by atoms with Crippen LogP contribution < -0.4 is 5.56 Å². The first-order chi connectivity index (χ1) is 14.0. The Morgan fingerprint density at radius 1 is 1.03 bits per heavy atom. The van der Waals surface area contributed by atoms with Crippen LogP contribution in [0.2, 0.25) is 0 Å². The first-order valence-corrected chi connectivity index (χ1v) is 9.53. The summed E-state index contributed by atoms with van der Waals surface area (Å²) in [7, 11) is 0. The average Bonchev–Trinajstić information content (AvgIpc) is 3.15. The molecule has 7 nitrogen and oxygen atoms in total. The van der Waals surface area contributed by atoms with Gasteiger partial charge in [0.1, 0.15) is 5.69 Å². The molecule has 0 aliphatic carbocycles. The van der Waals surface area contributed by atoms with Crippen LogP contribution in [0.1, 0.15) is 45.2 Å². The van der Waals surface area contributed by atoms with E-state index in [1.54, 1.807) is 29.2 Å². The maximum Gasteiger partial charge on any atom is 0.335 e. The number of hydrogen-bond donors (Lipinski definition) is 2. The van der Waals surface area contributed by atoms with Gasteiger partial charge >= 0.3 is 5.97 Å². The van der Waals surface area contributed by atoms with E-state index in [0.717, 1.165) is 18.4 Å². The monoisotopic (exact) mass is 391 g/mol. The van der Waals surface area contributed by atoms with E-state index in [-0.39, 0.29) is 28.6 Å². The number of likely N-dealkylation sites (tertiary alicyclic amines) is 1. The Labute approximate surface area is 167 Å². The number of carbonyl (C=O) groups excluding carboxylic acids is 1. The molecule has 1 saturated heterocycles. The molecule has 1 amide bonds. The summed E-state index contributed by atoms with van der Waals surface area (Å²) >= 11 is 0. The molecule has 3 aromatic rings. The molecule has 0 saturated carbocycles. The van der Waals surface area contributed by atoms with Crippen molar-refractivity contribution in [3.05, 3.63) is 87.8 Å². The van der Waals surface area contributed by atoms with E-state index in [4.69, 9.17) is 5.11 Å². The number of aromatic nitrogens is 2. The number of piperidine rings is 1. The van der Waals surface area contributed by atoms with Gasteiger partial charge in [0.15, 0.2) is 0 Å². The van der Waals surface area contributed by atoms with Gasteiger partial charge in [-0.2, -0.15) is 0 Å². The molecule has 2 heterocycles. The van der Waals surface area contributed by atoms with Crippen LogP contribution in [0.3, 0.4) is 0 Å². The molecule has 2 N–H and O–H groups in total. The third kappa shape index (κ3) is 3.85. The van der Waals surface area contributed by atoms with Gasteiger partial charge in [-0.3, -0.25) is 14.7 Å². The Morgan fingerprint density at radius 3 is 2.45 bits per heavy atom. The van der Waals surface area contributed by atoms with Crippen LogP contribution >= 0.6 is 0 Å². The molecule has 1 aliphatic heterocycles. The highest BCUT2D eigenvalue weighted by molar-refractivity contribution is 5.92. The van der Waals surface area contributed by atoms with E-state index < -0.39 is 5.97 Å². The summed E-state index contributed by atoms with van der Waals surface area (Å²) in [5.41, 5.74) is 1.92. The SMILES string of the molecule is O=C(O)c1ccc([C@H]2CCCN(C(=O)c3cc(=O)n(-c4ccccc4)[nH]3)C2)cc1. The number of carbonyl (C=O) groups is 2. The summed E-state index contributed by atoms with van der Waals surface area (Å²) in [5.74, 6) is -1.02. The number of rotatable bonds is 4. The van der Waals surface area contributed by atoms with Gasteiger partial charge in [-0.05, 0) is 42.7 Å². The van der Waals surface area contributed by atoms with Gasteiger partial charge in [0.2, 0.25) is 0 Å². The fourth-order valence-electron chi connectivity index (χ4n) is 3.78. The maximum absolute atomic E-state index is 13.0. The van der Waals surface area contributed by atoms with Crippen molar-refractivity contribution in [2.45, 2.75) is 18.8 Å². The quantitative estimate of drug-likeness (QED) is 0.715. The molecule has 7 heteroatoms. The lowest BCUT2D eigenvalue weighted by molar-refractivity contribution is 0.0692. The lowest BCUT2D eigenvalue weighted by Crippen LogP contribution is -2.39. The number of para-hydroxylation sites is 1. The van der Waals surface area contributed by atoms with Crippen molar-refractivity contribution in [2.75, 3.05) is 13.1 Å². The molecule has 1 atom stereocenters. The largest absolute Gasteiger partial charge is 0.478 e. The van der Waals surface area contributed by atoms with Crippen molar-refractivity contribution in [2.24, 2.45) is 0 Å². The first kappa shape index (κ1) is 18.7. The van der Waals surface area contributed by atoms with Gasteiger partial charge in [0.25, 0.3) is 11.5 Å². The van der Waals surface area contributed by atoms with Gasteiger partial charge in [0, 0.05) is 25.1 Å². The van der Waals surface area contributed by atoms with Crippen LogP contribution in [0.4, 0.5) is 0 Å². The van der Waals surface area contributed by atoms with Crippen LogP contribution in [-0.2, 0) is 0 Å². The zero-order valence-electron chi connectivity index (χ0n) is 15.7. The van der Waals surface area contributed by atoms with E-state index in [0.29, 0.717) is 18.8 Å². The number of H-pyrrole nitrogens is 1. The fourth-order valence-corrected chi connectivity index (χ4v) is 3.78. The number of aromatic amines is 1. The lowest BCUT2D eigenvalue weighted by atomic mass is 9.90. The molecule has 0 bridgehead atoms. The van der Waals surface area contributed by atoms with Gasteiger partial charge in [-0.15, -0.1) is 0 Å². The number of carboxylic acids is 1. The predicted molar refractivity (Wildman–Crippen MR) is 108 cm³/mol. The van der Waals surface area contributed by atoms with Crippen LogP contribution in [0, 0.1) is 0 Å². The standard InChI is InChI=1S/C22H21N3O4/c26-20-13-19(23-25(20)18-6-2-1-3-7-18)21(27)24-12-4-5-17(14-24)15-8-10-16(11-9-15)22(28)29/h1-3,6-11,13,17,23H,4-5,12,14H2,(H,28,29)/t17-/m0/s1. The van der Waals surface area contributed by atoms with Gasteiger partial charge in [0.05, 0.1) is 11.3 Å². The van der Waals surface area contributed by atoms with Gasteiger partial charge < -0.3 is 10.0 Å². The number of nitrogens with zero attached hydrogens (tertiary/aromatic N) is 2. The molecule has 29 heavy (non-hydrogen) atoms. The zero-order chi connectivity index (χ0) is 20.4. The molecule has 0 radical (unpaired) electrons. The van der Waals surface area contributed by atoms with Crippen molar-refractivity contribution in [1.82, 2.24) is 14.7 Å². The Hall–Kier alpha value is -3.61. The predicted octanol–water partition coefficient (Wildman–Crippen LogP) is 2.88. The van der Waals surface area contributed by atoms with Crippen LogP contribution in [0.25, 0.3) is 5.69 Å². The Kier molecular flexibility index (Phi) is 5.03. The van der Waals surface area contributed by atoms with Crippen molar-refractivity contribution in [3.8, 4) is 5.69 Å². The third-order valence-corrected chi connectivity index (χ3v) is 5.30. The van der Waals surface area contributed by atoms with Gasteiger partial charge in [-0.25, -0.2) is 9.48 Å². The highest BCUT2D eigenvalue weighted by Gasteiger charge is 2.27. The molecular weight excluding hydrogens is 370 g/mol. The number of aromatic carboxylic acids is 1. The molecule has 2 aromatic carbocycles. The van der Waals surface area contributed by atoms with E-state index in [1.807, 2.05) is 30.3 Å². The highest BCUT2D eigenvalue weighted by Crippen LogP contribution is 2.28. The van der Waals surface area contributed by atoms with Crippen molar-refractivity contribution < 1.29 is 14.7 Å². The highest BCUT2D eigenvalue weighted by atomic mass is 16.4. The van der Waals surface area contributed by atoms with E-state index in [2.05, 4.69) is 5.10 Å². The average molecular weight is 391 g/mol. The molecule has 148 valence electrons. The Balaban J connectivity index is 1.52. The lowest BCUT2D eigenvalue weighted by Gasteiger charge is -2.32. The van der Waals surface area contributed by atoms with Crippen LogP contribution in [-0.4, -0.2) is 44.8 Å². The van der Waals surface area contributed by atoms with Gasteiger partial charge in [-0.1, -0.05) is 30.3 Å². The summed E-state index contributed by atoms with van der Waals surface area (Å²) in [6, 6.07) is 17.3. The Bertz CT molecular complexity index is 1080. The molecule has 1 fully saturated rings. The summed E-state index contributed by atoms with van der Waals surface area (Å²) in [5, 5.41) is 12.0. The second kappa shape index (κ2) is 7.79. The number of hydrogen-bond acceptors (Lipinski definition) is 3. The van der Waals surface area contributed by atoms with Crippen LogP contribution in [0.5, 0.6) is 0 Å². The minimum absolute atomic E-state index is 0.137. The number of benzene rings is 2. The van der Waals surface area contributed by atoms with Crippen LogP contribution in [0.15, 0.2) is 65.5 Å². The molecule has 4 rings (SSSR count). The molecular formula is C22H21N3O4. The second-order valence-electron chi connectivity index (χ2n) is 7.20. The fraction of sp³-hybridized carbons (Fsp3) is 0.227. The summed E-state index contributed by atoms with van der Waals surface area (Å²) in [4.78, 5) is 38.1. The molecule has 0 unspecified atom stereocenters. The minimum Gasteiger partial charge on any atom is -0.478 e. The number of amides is 1. The summed E-state index contributed by atoms with van der Waals surface area (Å²) in [6.07, 6.45) is 1.78. The minimum atomic E-state index is -0.955. The second-order valence-corrected chi connectivity index (χ2v) is 7.20. The Morgan fingerprint density at radius 2 is 1.76 bits per heavy atom. The van der Waals surface area contributed by atoms with Crippen molar-refractivity contribution in [1.29, 1.82) is 0 Å². The molecule has 0 spiro atoms. The van der Waals surface area contributed by atoms with E-state index in [9.17, 15) is 14.4 Å². The molecule has 1 aliphatic rings. The topological polar surface area (TPSA) is 95.4 Å². The summed E-state index contributed by atoms with van der Waals surface area (Å²) < 4.78 is 1.36. The maximum atomic E-state index is 13.0.